The zero-order valence-corrected chi connectivity index (χ0v) is 14.0. The quantitative estimate of drug-likeness (QED) is 0.425. The zero-order valence-electron chi connectivity index (χ0n) is 11.6. The van der Waals surface area contributed by atoms with Crippen molar-refractivity contribution >= 4 is 37.2 Å². The van der Waals surface area contributed by atoms with Crippen LogP contribution in [0.3, 0.4) is 0 Å². The third-order valence-corrected chi connectivity index (χ3v) is 4.33. The van der Waals surface area contributed by atoms with E-state index in [2.05, 4.69) is 15.9 Å². The number of sulfone groups is 1. The minimum Gasteiger partial charge on any atom is -0.473 e. The van der Waals surface area contributed by atoms with E-state index in [4.69, 9.17) is 4.74 Å². The van der Waals surface area contributed by atoms with Gasteiger partial charge in [0.25, 0.3) is 0 Å². The van der Waals surface area contributed by atoms with E-state index in [1.54, 1.807) is 0 Å². The molecule has 0 fully saturated rings. The number of nitrogens with zero attached hydrogens (tertiary/aromatic N) is 1. The Balaban J connectivity index is 3.32. The molecule has 21 heavy (non-hydrogen) atoms. The van der Waals surface area contributed by atoms with Gasteiger partial charge in [0.05, 0.1) is 15.1 Å². The van der Waals surface area contributed by atoms with Crippen LogP contribution in [0.4, 0.5) is 5.69 Å². The van der Waals surface area contributed by atoms with Gasteiger partial charge in [-0.05, 0) is 26.0 Å². The lowest BCUT2D eigenvalue weighted by Gasteiger charge is -2.24. The van der Waals surface area contributed by atoms with Gasteiger partial charge in [0, 0.05) is 12.3 Å². The topological polar surface area (TPSA) is 104 Å². The first-order valence-corrected chi connectivity index (χ1v) is 8.77. The summed E-state index contributed by atoms with van der Waals surface area (Å²) in [7, 11) is -3.57. The molecule has 116 valence electrons. The Morgan fingerprint density at radius 3 is 2.43 bits per heavy atom. The minimum absolute atomic E-state index is 0.0369. The predicted octanol–water partition coefficient (Wildman–Crippen LogP) is 2.12. The van der Waals surface area contributed by atoms with Gasteiger partial charge < -0.3 is 4.74 Å². The number of nitro groups is 1. The second-order valence-electron chi connectivity index (χ2n) is 4.83. The van der Waals surface area contributed by atoms with E-state index in [1.807, 2.05) is 0 Å². The molecule has 0 amide bonds. The second kappa shape index (κ2) is 6.10. The van der Waals surface area contributed by atoms with Crippen LogP contribution < -0.4 is 4.74 Å². The van der Waals surface area contributed by atoms with Crippen molar-refractivity contribution in [2.75, 3.05) is 11.6 Å². The molecule has 0 saturated heterocycles. The van der Waals surface area contributed by atoms with E-state index in [9.17, 15) is 23.3 Å². The molecule has 9 heteroatoms. The molecule has 0 N–H and O–H groups in total. The summed E-state index contributed by atoms with van der Waals surface area (Å²) in [5, 5.41) is 11.1. The summed E-state index contributed by atoms with van der Waals surface area (Å²) in [5.41, 5.74) is -1.78. The first-order valence-electron chi connectivity index (χ1n) is 5.76. The van der Waals surface area contributed by atoms with Gasteiger partial charge in [-0.25, -0.2) is 8.42 Å². The smallest absolute Gasteiger partial charge is 0.312 e. The van der Waals surface area contributed by atoms with Crippen LogP contribution in [-0.4, -0.2) is 36.3 Å². The number of Topliss-reactive ketones (excluding diaryl/α,β-unsaturated/α-hetero) is 1. The Morgan fingerprint density at radius 1 is 1.43 bits per heavy atom. The number of ether oxygens (including phenoxy) is 1. The van der Waals surface area contributed by atoms with Crippen LogP contribution in [-0.2, 0) is 14.6 Å². The maximum absolute atomic E-state index is 11.7. The summed E-state index contributed by atoms with van der Waals surface area (Å²) < 4.78 is 28.3. The van der Waals surface area contributed by atoms with Gasteiger partial charge in [-0.2, -0.15) is 0 Å². The molecule has 0 spiro atoms. The fraction of sp³-hybridized carbons (Fsp3) is 0.417. The van der Waals surface area contributed by atoms with E-state index in [-0.39, 0.29) is 21.8 Å². The summed E-state index contributed by atoms with van der Waals surface area (Å²) >= 11 is 3.01. The number of rotatable bonds is 6. The molecule has 1 aromatic carbocycles. The maximum atomic E-state index is 11.7. The second-order valence-corrected chi connectivity index (χ2v) is 7.40. The van der Waals surface area contributed by atoms with E-state index < -0.39 is 26.0 Å². The Labute approximate surface area is 130 Å². The van der Waals surface area contributed by atoms with Crippen LogP contribution >= 0.6 is 15.9 Å². The highest BCUT2D eigenvalue weighted by molar-refractivity contribution is 9.09. The average molecular weight is 380 g/mol. The SMILES string of the molecule is CC(C)(Oc1ccc(S(C)(=O)=O)cc1[N+](=O)[O-])C(=O)CBr. The molecule has 0 aliphatic rings. The van der Waals surface area contributed by atoms with E-state index >= 15 is 0 Å². The van der Waals surface area contributed by atoms with Gasteiger partial charge in [0.15, 0.2) is 27.0 Å². The summed E-state index contributed by atoms with van der Waals surface area (Å²) in [6, 6.07) is 3.30. The average Bonchev–Trinajstić information content (AvgIpc) is 2.36. The molecule has 0 aromatic heterocycles. The Kier molecular flexibility index (Phi) is 5.11. The molecule has 0 aliphatic carbocycles. The fourth-order valence-corrected chi connectivity index (χ4v) is 2.77. The van der Waals surface area contributed by atoms with Crippen molar-refractivity contribution < 1.29 is 22.9 Å². The highest BCUT2D eigenvalue weighted by atomic mass is 79.9. The van der Waals surface area contributed by atoms with Crippen molar-refractivity contribution in [2.24, 2.45) is 0 Å². The predicted molar refractivity (Wildman–Crippen MR) is 79.7 cm³/mol. The summed E-state index contributed by atoms with van der Waals surface area (Å²) in [5.74, 6) is -0.462. The van der Waals surface area contributed by atoms with E-state index in [1.165, 1.54) is 26.0 Å². The van der Waals surface area contributed by atoms with Crippen LogP contribution in [0.15, 0.2) is 23.1 Å². The Morgan fingerprint density at radius 2 is 2.00 bits per heavy atom. The van der Waals surface area contributed by atoms with E-state index in [0.717, 1.165) is 12.3 Å². The number of alkyl halides is 1. The number of ketones is 1. The molecule has 0 radical (unpaired) electrons. The third kappa shape index (κ3) is 4.24. The van der Waals surface area contributed by atoms with Crippen molar-refractivity contribution in [2.45, 2.75) is 24.3 Å². The number of nitro benzene ring substituents is 1. The van der Waals surface area contributed by atoms with Crippen molar-refractivity contribution in [3.05, 3.63) is 28.3 Å². The molecular weight excluding hydrogens is 366 g/mol. The third-order valence-electron chi connectivity index (χ3n) is 2.71. The molecule has 0 unspecified atom stereocenters. The molecule has 0 saturated carbocycles. The highest BCUT2D eigenvalue weighted by Gasteiger charge is 2.32. The van der Waals surface area contributed by atoms with Crippen LogP contribution in [0.1, 0.15) is 13.8 Å². The molecule has 7 nitrogen and oxygen atoms in total. The summed E-state index contributed by atoms with van der Waals surface area (Å²) in [4.78, 5) is 21.8. The Bertz CT molecular complexity index is 683. The normalized spacial score (nSPS) is 12.0. The zero-order chi connectivity index (χ0) is 16.4. The molecular formula is C12H14BrNO6S. The summed E-state index contributed by atoms with van der Waals surface area (Å²) in [6.07, 6.45) is 0.949. The van der Waals surface area contributed by atoms with Crippen molar-refractivity contribution in [1.29, 1.82) is 0 Å². The first kappa shape index (κ1) is 17.6. The minimum atomic E-state index is -3.57. The molecule has 0 bridgehead atoms. The number of halogens is 1. The molecule has 0 atom stereocenters. The first-order chi connectivity index (χ1) is 9.49. The monoisotopic (exact) mass is 379 g/mol. The molecule has 0 heterocycles. The van der Waals surface area contributed by atoms with E-state index in [0.29, 0.717) is 0 Å². The number of hydrogen-bond acceptors (Lipinski definition) is 6. The molecule has 0 aliphatic heterocycles. The largest absolute Gasteiger partial charge is 0.473 e. The lowest BCUT2D eigenvalue weighted by atomic mass is 10.1. The van der Waals surface area contributed by atoms with Gasteiger partial charge in [0.2, 0.25) is 0 Å². The van der Waals surface area contributed by atoms with Crippen molar-refractivity contribution in [1.82, 2.24) is 0 Å². The van der Waals surface area contributed by atoms with Crippen LogP contribution in [0, 0.1) is 10.1 Å². The number of carbonyl (C=O) groups excluding carboxylic acids is 1. The summed E-state index contributed by atoms with van der Waals surface area (Å²) in [6.45, 7) is 2.95. The van der Waals surface area contributed by atoms with Crippen LogP contribution in [0.25, 0.3) is 0 Å². The maximum Gasteiger partial charge on any atom is 0.312 e. The van der Waals surface area contributed by atoms with Gasteiger partial charge in [-0.15, -0.1) is 0 Å². The van der Waals surface area contributed by atoms with Crippen LogP contribution in [0.5, 0.6) is 5.75 Å². The lowest BCUT2D eigenvalue weighted by Crippen LogP contribution is -2.39. The van der Waals surface area contributed by atoms with Gasteiger partial charge in [0.1, 0.15) is 0 Å². The van der Waals surface area contributed by atoms with Gasteiger partial charge in [-0.1, -0.05) is 15.9 Å². The number of carbonyl (C=O) groups is 1. The standard InChI is InChI=1S/C12H14BrNO6S/c1-12(2,11(15)7-13)20-10-5-4-8(21(3,18)19)6-9(10)14(16)17/h4-6H,7H2,1-3H3. The Hall–Kier alpha value is -1.48. The van der Waals surface area contributed by atoms with Gasteiger partial charge >= 0.3 is 5.69 Å². The van der Waals surface area contributed by atoms with Gasteiger partial charge in [-0.3, -0.25) is 14.9 Å². The number of benzene rings is 1. The number of hydrogen-bond donors (Lipinski definition) is 0. The molecule has 1 rings (SSSR count). The fourth-order valence-electron chi connectivity index (χ4n) is 1.45. The highest BCUT2D eigenvalue weighted by Crippen LogP contribution is 2.32. The lowest BCUT2D eigenvalue weighted by molar-refractivity contribution is -0.386. The molecule has 1 aromatic rings. The van der Waals surface area contributed by atoms with Crippen molar-refractivity contribution in [3.8, 4) is 5.75 Å². The van der Waals surface area contributed by atoms with Crippen LogP contribution in [0.2, 0.25) is 0 Å². The van der Waals surface area contributed by atoms with Crippen molar-refractivity contribution in [3.63, 3.8) is 0 Å².